The number of carbonyl (C=O) groups excluding carboxylic acids is 1. The number of rotatable bonds is 4. The first-order chi connectivity index (χ1) is 11.2. The molecule has 1 aliphatic rings. The molecule has 23 heavy (non-hydrogen) atoms. The van der Waals surface area contributed by atoms with Crippen LogP contribution in [0.4, 0.5) is 5.95 Å². The lowest BCUT2D eigenvalue weighted by molar-refractivity contribution is -0.134. The topological polar surface area (TPSA) is 89.3 Å². The summed E-state index contributed by atoms with van der Waals surface area (Å²) in [6, 6.07) is 1.36. The molecule has 9 nitrogen and oxygen atoms in total. The van der Waals surface area contributed by atoms with Gasteiger partial charge in [0, 0.05) is 38.4 Å². The molecule has 3 rings (SSSR count). The summed E-state index contributed by atoms with van der Waals surface area (Å²) < 4.78 is 6.69. The lowest BCUT2D eigenvalue weighted by Gasteiger charge is -2.35. The van der Waals surface area contributed by atoms with E-state index in [1.807, 2.05) is 16.7 Å². The van der Waals surface area contributed by atoms with Crippen LogP contribution in [0.15, 0.2) is 24.9 Å². The smallest absolute Gasteiger partial charge is 0.247 e. The van der Waals surface area contributed by atoms with Crippen LogP contribution in [0, 0.1) is 0 Å². The van der Waals surface area contributed by atoms with Crippen molar-refractivity contribution in [2.75, 3.05) is 38.2 Å². The van der Waals surface area contributed by atoms with Crippen LogP contribution in [-0.2, 0) is 4.79 Å². The zero-order valence-corrected chi connectivity index (χ0v) is 13.2. The van der Waals surface area contributed by atoms with Gasteiger partial charge >= 0.3 is 0 Å². The van der Waals surface area contributed by atoms with Crippen LogP contribution in [0.3, 0.4) is 0 Å². The molecule has 1 unspecified atom stereocenters. The third-order valence-corrected chi connectivity index (χ3v) is 3.89. The average molecular weight is 317 g/mol. The van der Waals surface area contributed by atoms with Crippen LogP contribution >= 0.6 is 0 Å². The van der Waals surface area contributed by atoms with E-state index >= 15 is 0 Å². The number of hydrogen-bond acceptors (Lipinski definition) is 7. The van der Waals surface area contributed by atoms with Crippen LogP contribution in [0.1, 0.15) is 13.0 Å². The number of hydrogen-bond donors (Lipinski definition) is 0. The van der Waals surface area contributed by atoms with Crippen molar-refractivity contribution in [3.8, 4) is 5.88 Å². The van der Waals surface area contributed by atoms with Gasteiger partial charge in [-0.3, -0.25) is 4.79 Å². The largest absolute Gasteiger partial charge is 0.481 e. The molecule has 0 bridgehead atoms. The third-order valence-electron chi connectivity index (χ3n) is 3.89. The number of methoxy groups -OCH3 is 1. The van der Waals surface area contributed by atoms with Crippen molar-refractivity contribution in [2.45, 2.75) is 13.0 Å². The highest BCUT2D eigenvalue weighted by Crippen LogP contribution is 2.16. The Bertz CT molecular complexity index is 653. The fourth-order valence-corrected chi connectivity index (χ4v) is 2.52. The SMILES string of the molecule is COc1ccnc(N2CCN(C(=O)C(C)n3cncn3)CC2)n1. The van der Waals surface area contributed by atoms with E-state index in [4.69, 9.17) is 4.74 Å². The molecule has 1 atom stereocenters. The Kier molecular flexibility index (Phi) is 4.35. The van der Waals surface area contributed by atoms with Gasteiger partial charge in [0.25, 0.3) is 0 Å². The highest BCUT2D eigenvalue weighted by molar-refractivity contribution is 5.80. The normalized spacial score (nSPS) is 16.3. The van der Waals surface area contributed by atoms with Gasteiger partial charge in [-0.05, 0) is 6.92 Å². The molecular weight excluding hydrogens is 298 g/mol. The average Bonchev–Trinajstić information content (AvgIpc) is 3.15. The zero-order valence-electron chi connectivity index (χ0n) is 13.2. The molecule has 0 aromatic carbocycles. The van der Waals surface area contributed by atoms with E-state index in [9.17, 15) is 4.79 Å². The molecule has 2 aromatic rings. The summed E-state index contributed by atoms with van der Waals surface area (Å²) >= 11 is 0. The van der Waals surface area contributed by atoms with Gasteiger partial charge in [-0.15, -0.1) is 0 Å². The summed E-state index contributed by atoms with van der Waals surface area (Å²) in [4.78, 5) is 28.9. The van der Waals surface area contributed by atoms with Gasteiger partial charge in [0.15, 0.2) is 0 Å². The van der Waals surface area contributed by atoms with Crippen molar-refractivity contribution in [3.05, 3.63) is 24.9 Å². The van der Waals surface area contributed by atoms with Crippen LogP contribution in [-0.4, -0.2) is 68.8 Å². The Balaban J connectivity index is 1.60. The lowest BCUT2D eigenvalue weighted by atomic mass is 10.2. The highest BCUT2D eigenvalue weighted by Gasteiger charge is 2.27. The second-order valence-electron chi connectivity index (χ2n) is 5.26. The predicted molar refractivity (Wildman–Crippen MR) is 82.1 cm³/mol. The molecule has 0 saturated carbocycles. The summed E-state index contributed by atoms with van der Waals surface area (Å²) in [7, 11) is 1.58. The number of ether oxygens (including phenoxy) is 1. The van der Waals surface area contributed by atoms with Crippen LogP contribution in [0.25, 0.3) is 0 Å². The maximum Gasteiger partial charge on any atom is 0.247 e. The molecule has 3 heterocycles. The van der Waals surface area contributed by atoms with Crippen molar-refractivity contribution in [3.63, 3.8) is 0 Å². The van der Waals surface area contributed by atoms with Crippen molar-refractivity contribution >= 4 is 11.9 Å². The maximum absolute atomic E-state index is 12.5. The number of nitrogens with zero attached hydrogens (tertiary/aromatic N) is 7. The number of anilines is 1. The number of carbonyl (C=O) groups is 1. The van der Waals surface area contributed by atoms with E-state index in [0.717, 1.165) is 0 Å². The molecule has 0 spiro atoms. The van der Waals surface area contributed by atoms with Gasteiger partial charge in [0.2, 0.25) is 17.7 Å². The van der Waals surface area contributed by atoms with Gasteiger partial charge in [0.05, 0.1) is 7.11 Å². The quantitative estimate of drug-likeness (QED) is 0.783. The van der Waals surface area contributed by atoms with Gasteiger partial charge in [-0.25, -0.2) is 14.6 Å². The Morgan fingerprint density at radius 1 is 1.30 bits per heavy atom. The maximum atomic E-state index is 12.5. The molecule has 0 aliphatic carbocycles. The first-order valence-electron chi connectivity index (χ1n) is 7.44. The molecule has 122 valence electrons. The van der Waals surface area contributed by atoms with E-state index < -0.39 is 0 Å². The van der Waals surface area contributed by atoms with Gasteiger partial charge in [-0.2, -0.15) is 10.1 Å². The van der Waals surface area contributed by atoms with Crippen LogP contribution in [0.5, 0.6) is 5.88 Å². The first kappa shape index (κ1) is 15.2. The van der Waals surface area contributed by atoms with Crippen molar-refractivity contribution in [2.24, 2.45) is 0 Å². The number of piperazine rings is 1. The first-order valence-corrected chi connectivity index (χ1v) is 7.44. The Morgan fingerprint density at radius 2 is 2.09 bits per heavy atom. The Morgan fingerprint density at radius 3 is 2.74 bits per heavy atom. The minimum atomic E-state index is -0.350. The van der Waals surface area contributed by atoms with Gasteiger partial charge in [0.1, 0.15) is 18.7 Å². The monoisotopic (exact) mass is 317 g/mol. The molecule has 0 radical (unpaired) electrons. The van der Waals surface area contributed by atoms with Crippen LogP contribution in [0.2, 0.25) is 0 Å². The Labute approximate surface area is 133 Å². The number of amides is 1. The van der Waals surface area contributed by atoms with Crippen LogP contribution < -0.4 is 9.64 Å². The van der Waals surface area contributed by atoms with E-state index in [1.54, 1.807) is 30.4 Å². The summed E-state index contributed by atoms with van der Waals surface area (Å²) in [6.07, 6.45) is 4.66. The summed E-state index contributed by atoms with van der Waals surface area (Å²) in [5, 5.41) is 4.03. The molecule has 2 aromatic heterocycles. The highest BCUT2D eigenvalue weighted by atomic mass is 16.5. The molecule has 1 saturated heterocycles. The second-order valence-corrected chi connectivity index (χ2v) is 5.26. The molecule has 0 N–H and O–H groups in total. The predicted octanol–water partition coefficient (Wildman–Crippen LogP) is -0.0135. The molecule has 1 aliphatic heterocycles. The number of aromatic nitrogens is 5. The molecule has 1 fully saturated rings. The summed E-state index contributed by atoms with van der Waals surface area (Å²) in [5.74, 6) is 1.20. The zero-order chi connectivity index (χ0) is 16.2. The minimum Gasteiger partial charge on any atom is -0.481 e. The molecular formula is C14H19N7O2. The minimum absolute atomic E-state index is 0.0433. The lowest BCUT2D eigenvalue weighted by Crippen LogP contribution is -2.50. The molecule has 9 heteroatoms. The van der Waals surface area contributed by atoms with Crippen molar-refractivity contribution in [1.82, 2.24) is 29.6 Å². The second kappa shape index (κ2) is 6.59. The van der Waals surface area contributed by atoms with E-state index in [1.165, 1.54) is 6.33 Å². The standard InChI is InChI=1S/C14H19N7O2/c1-11(21-10-15-9-17-21)13(22)19-5-7-20(8-6-19)14-16-4-3-12(18-14)23-2/h3-4,9-11H,5-8H2,1-2H3. The van der Waals surface area contributed by atoms with Crippen molar-refractivity contribution < 1.29 is 9.53 Å². The summed E-state index contributed by atoms with van der Waals surface area (Å²) in [6.45, 7) is 4.44. The van der Waals surface area contributed by atoms with E-state index in [0.29, 0.717) is 38.0 Å². The van der Waals surface area contributed by atoms with Crippen molar-refractivity contribution in [1.29, 1.82) is 0 Å². The Hall–Kier alpha value is -2.71. The summed E-state index contributed by atoms with van der Waals surface area (Å²) in [5.41, 5.74) is 0. The molecule has 1 amide bonds. The van der Waals surface area contributed by atoms with E-state index in [-0.39, 0.29) is 11.9 Å². The van der Waals surface area contributed by atoms with E-state index in [2.05, 4.69) is 20.1 Å². The third kappa shape index (κ3) is 3.22. The fourth-order valence-electron chi connectivity index (χ4n) is 2.52. The van der Waals surface area contributed by atoms with Gasteiger partial charge in [-0.1, -0.05) is 0 Å². The van der Waals surface area contributed by atoms with Gasteiger partial charge < -0.3 is 14.5 Å². The fraction of sp³-hybridized carbons (Fsp3) is 0.500.